The van der Waals surface area contributed by atoms with Gasteiger partial charge in [-0.2, -0.15) is 0 Å². The SMILES string of the molecule is CCC(C)(CC)NS(=O)(=O)CCNC. The van der Waals surface area contributed by atoms with Crippen LogP contribution in [-0.2, 0) is 10.0 Å². The summed E-state index contributed by atoms with van der Waals surface area (Å²) in [5, 5.41) is 2.83. The van der Waals surface area contributed by atoms with Crippen LogP contribution in [0.25, 0.3) is 0 Å². The van der Waals surface area contributed by atoms with Crippen molar-refractivity contribution in [2.24, 2.45) is 0 Å². The van der Waals surface area contributed by atoms with E-state index in [-0.39, 0.29) is 11.3 Å². The fourth-order valence-corrected chi connectivity index (χ4v) is 2.67. The van der Waals surface area contributed by atoms with Gasteiger partial charge in [-0.1, -0.05) is 13.8 Å². The van der Waals surface area contributed by atoms with Crippen molar-refractivity contribution in [1.82, 2.24) is 10.0 Å². The van der Waals surface area contributed by atoms with Crippen molar-refractivity contribution in [1.29, 1.82) is 0 Å². The van der Waals surface area contributed by atoms with Crippen LogP contribution in [0.4, 0.5) is 0 Å². The third-order valence-corrected chi connectivity index (χ3v) is 4.13. The van der Waals surface area contributed by atoms with Crippen LogP contribution in [0.3, 0.4) is 0 Å². The summed E-state index contributed by atoms with van der Waals surface area (Å²) in [5.41, 5.74) is -0.299. The van der Waals surface area contributed by atoms with Gasteiger partial charge < -0.3 is 5.32 Å². The molecule has 0 spiro atoms. The highest BCUT2D eigenvalue weighted by molar-refractivity contribution is 7.89. The van der Waals surface area contributed by atoms with Crippen LogP contribution >= 0.6 is 0 Å². The van der Waals surface area contributed by atoms with E-state index < -0.39 is 10.0 Å². The lowest BCUT2D eigenvalue weighted by atomic mass is 9.98. The van der Waals surface area contributed by atoms with Crippen molar-refractivity contribution in [2.45, 2.75) is 39.2 Å². The van der Waals surface area contributed by atoms with Crippen LogP contribution in [0.2, 0.25) is 0 Å². The van der Waals surface area contributed by atoms with Crippen molar-refractivity contribution in [3.63, 3.8) is 0 Å². The monoisotopic (exact) mass is 222 g/mol. The molecule has 4 nitrogen and oxygen atoms in total. The summed E-state index contributed by atoms with van der Waals surface area (Å²) in [7, 11) is -1.39. The van der Waals surface area contributed by atoms with E-state index in [1.54, 1.807) is 7.05 Å². The van der Waals surface area contributed by atoms with Crippen LogP contribution in [0.15, 0.2) is 0 Å². The van der Waals surface area contributed by atoms with Gasteiger partial charge in [0.05, 0.1) is 5.75 Å². The van der Waals surface area contributed by atoms with Crippen molar-refractivity contribution in [3.8, 4) is 0 Å². The van der Waals surface area contributed by atoms with Gasteiger partial charge in [0.15, 0.2) is 0 Å². The van der Waals surface area contributed by atoms with Gasteiger partial charge in [-0.25, -0.2) is 13.1 Å². The Balaban J connectivity index is 4.33. The first-order valence-electron chi connectivity index (χ1n) is 5.05. The summed E-state index contributed by atoms with van der Waals surface area (Å²) >= 11 is 0. The molecule has 0 heterocycles. The smallest absolute Gasteiger partial charge is 0.213 e. The second kappa shape index (κ2) is 5.68. The lowest BCUT2D eigenvalue weighted by Gasteiger charge is -2.27. The fourth-order valence-electron chi connectivity index (χ4n) is 1.06. The normalized spacial score (nSPS) is 13.1. The highest BCUT2D eigenvalue weighted by Gasteiger charge is 2.25. The minimum atomic E-state index is -3.14. The number of sulfonamides is 1. The maximum atomic E-state index is 11.6. The first-order valence-corrected chi connectivity index (χ1v) is 6.70. The highest BCUT2D eigenvalue weighted by Crippen LogP contribution is 2.14. The van der Waals surface area contributed by atoms with Crippen LogP contribution in [0.1, 0.15) is 33.6 Å². The van der Waals surface area contributed by atoms with E-state index in [0.717, 1.165) is 12.8 Å². The molecule has 0 aliphatic rings. The van der Waals surface area contributed by atoms with Gasteiger partial charge in [0.1, 0.15) is 0 Å². The number of nitrogens with one attached hydrogen (secondary N) is 2. The summed E-state index contributed by atoms with van der Waals surface area (Å²) in [4.78, 5) is 0. The molecule has 0 saturated heterocycles. The van der Waals surface area contributed by atoms with Crippen LogP contribution in [0.5, 0.6) is 0 Å². The van der Waals surface area contributed by atoms with E-state index in [1.807, 2.05) is 20.8 Å². The molecule has 0 atom stereocenters. The predicted octanol–water partition coefficient (Wildman–Crippen LogP) is 0.704. The van der Waals surface area contributed by atoms with Gasteiger partial charge in [-0.05, 0) is 26.8 Å². The molecule has 5 heteroatoms. The van der Waals surface area contributed by atoms with E-state index in [0.29, 0.717) is 6.54 Å². The van der Waals surface area contributed by atoms with E-state index >= 15 is 0 Å². The molecule has 0 saturated carbocycles. The van der Waals surface area contributed by atoms with Gasteiger partial charge >= 0.3 is 0 Å². The fraction of sp³-hybridized carbons (Fsp3) is 1.00. The molecule has 86 valence electrons. The summed E-state index contributed by atoms with van der Waals surface area (Å²) in [6, 6.07) is 0. The molecule has 0 bridgehead atoms. The molecule has 0 aromatic carbocycles. The molecule has 0 aromatic heterocycles. The molecule has 0 aromatic rings. The Bertz CT molecular complexity index is 246. The summed E-state index contributed by atoms with van der Waals surface area (Å²) in [5.74, 6) is 0.138. The Kier molecular flexibility index (Phi) is 5.63. The summed E-state index contributed by atoms with van der Waals surface area (Å²) < 4.78 is 25.9. The number of hydrogen-bond donors (Lipinski definition) is 2. The first-order chi connectivity index (χ1) is 6.39. The highest BCUT2D eigenvalue weighted by atomic mass is 32.2. The molecule has 2 N–H and O–H groups in total. The van der Waals surface area contributed by atoms with Crippen molar-refractivity contribution in [2.75, 3.05) is 19.3 Å². The van der Waals surface area contributed by atoms with Gasteiger partial charge in [0.2, 0.25) is 10.0 Å². The molecule has 0 amide bonds. The first kappa shape index (κ1) is 13.9. The van der Waals surface area contributed by atoms with Crippen LogP contribution in [-0.4, -0.2) is 33.3 Å². The zero-order chi connectivity index (χ0) is 11.2. The largest absolute Gasteiger partial charge is 0.319 e. The van der Waals surface area contributed by atoms with E-state index in [4.69, 9.17) is 0 Å². The van der Waals surface area contributed by atoms with Gasteiger partial charge in [0, 0.05) is 12.1 Å². The maximum Gasteiger partial charge on any atom is 0.213 e. The molecule has 14 heavy (non-hydrogen) atoms. The minimum Gasteiger partial charge on any atom is -0.319 e. The zero-order valence-corrected chi connectivity index (χ0v) is 10.4. The number of rotatable bonds is 7. The molecule has 0 aliphatic heterocycles. The Labute approximate surface area is 87.5 Å². The van der Waals surface area contributed by atoms with E-state index in [2.05, 4.69) is 10.0 Å². The molecular weight excluding hydrogens is 200 g/mol. The quantitative estimate of drug-likeness (QED) is 0.667. The Morgan fingerprint density at radius 2 is 1.71 bits per heavy atom. The molecule has 0 unspecified atom stereocenters. The summed E-state index contributed by atoms with van der Waals surface area (Å²) in [6.07, 6.45) is 1.62. The standard InChI is InChI=1S/C9H22N2O2S/c1-5-9(3,6-2)11-14(12,13)8-7-10-4/h10-11H,5-8H2,1-4H3. The molecule has 0 aliphatic carbocycles. The molecule has 0 radical (unpaired) electrons. The Morgan fingerprint density at radius 3 is 2.07 bits per heavy atom. The third kappa shape index (κ3) is 4.93. The maximum absolute atomic E-state index is 11.6. The number of hydrogen-bond acceptors (Lipinski definition) is 3. The summed E-state index contributed by atoms with van der Waals surface area (Å²) in [6.45, 7) is 6.40. The van der Waals surface area contributed by atoms with E-state index in [1.165, 1.54) is 0 Å². The van der Waals surface area contributed by atoms with Crippen molar-refractivity contribution < 1.29 is 8.42 Å². The Morgan fingerprint density at radius 1 is 1.21 bits per heavy atom. The average Bonchev–Trinajstić information content (AvgIpc) is 2.14. The van der Waals surface area contributed by atoms with Gasteiger partial charge in [0.25, 0.3) is 0 Å². The van der Waals surface area contributed by atoms with E-state index in [9.17, 15) is 8.42 Å². The van der Waals surface area contributed by atoms with Crippen LogP contribution < -0.4 is 10.0 Å². The molecular formula is C9H22N2O2S. The third-order valence-electron chi connectivity index (χ3n) is 2.58. The Hall–Kier alpha value is -0.130. The second-order valence-corrected chi connectivity index (χ2v) is 5.63. The minimum absolute atomic E-state index is 0.138. The zero-order valence-electron chi connectivity index (χ0n) is 9.55. The molecule has 0 rings (SSSR count). The lowest BCUT2D eigenvalue weighted by Crippen LogP contribution is -2.46. The topological polar surface area (TPSA) is 58.2 Å². The van der Waals surface area contributed by atoms with Crippen LogP contribution in [0, 0.1) is 0 Å². The lowest BCUT2D eigenvalue weighted by molar-refractivity contribution is 0.388. The van der Waals surface area contributed by atoms with Gasteiger partial charge in [-0.15, -0.1) is 0 Å². The average molecular weight is 222 g/mol. The second-order valence-electron chi connectivity index (χ2n) is 3.79. The van der Waals surface area contributed by atoms with Crippen molar-refractivity contribution >= 4 is 10.0 Å². The van der Waals surface area contributed by atoms with Gasteiger partial charge in [-0.3, -0.25) is 0 Å². The van der Waals surface area contributed by atoms with Crippen molar-refractivity contribution in [3.05, 3.63) is 0 Å². The molecule has 0 fully saturated rings. The predicted molar refractivity (Wildman–Crippen MR) is 59.8 cm³/mol.